The molecule has 0 amide bonds. The van der Waals surface area contributed by atoms with Crippen LogP contribution in [0.1, 0.15) is 38.9 Å². The molecule has 1 unspecified atom stereocenters. The van der Waals surface area contributed by atoms with Crippen LogP contribution in [-0.2, 0) is 16.1 Å². The van der Waals surface area contributed by atoms with Crippen molar-refractivity contribution in [1.82, 2.24) is 20.1 Å². The van der Waals surface area contributed by atoms with E-state index >= 15 is 4.39 Å². The number of anilines is 1. The Morgan fingerprint density at radius 1 is 1.07 bits per heavy atom. The fraction of sp³-hybridized carbons (Fsp3) is 0.179. The Morgan fingerprint density at radius 2 is 1.77 bits per heavy atom. The number of nitrogens with zero attached hydrogens (tertiary/aromatic N) is 2. The molecule has 4 aromatic rings. The molecule has 3 aromatic carbocycles. The van der Waals surface area contributed by atoms with Crippen LogP contribution in [0, 0.1) is 11.2 Å². The molecule has 4 N–H and O–H groups in total. The number of alkyl halides is 3. The van der Waals surface area contributed by atoms with Gasteiger partial charge < -0.3 is 24.8 Å². The number of benzene rings is 3. The highest BCUT2D eigenvalue weighted by Crippen LogP contribution is 2.36. The zero-order chi connectivity index (χ0) is 31.8. The number of rotatable bonds is 8. The number of fused-ring (bicyclic) bond motifs is 1. The number of nitrogens with one attached hydrogen (secondary N) is 4. The number of ether oxygens (including phenoxy) is 3. The van der Waals surface area contributed by atoms with E-state index in [0.717, 1.165) is 17.7 Å². The van der Waals surface area contributed by atoms with Crippen molar-refractivity contribution in [1.29, 1.82) is 5.41 Å². The van der Waals surface area contributed by atoms with Crippen molar-refractivity contribution in [3.8, 4) is 17.2 Å². The molecule has 44 heavy (non-hydrogen) atoms. The van der Waals surface area contributed by atoms with Gasteiger partial charge in [0, 0.05) is 29.4 Å². The van der Waals surface area contributed by atoms with E-state index in [4.69, 9.17) is 14.9 Å². The number of H-pyrrole nitrogens is 1. The number of aromatic nitrogens is 3. The van der Waals surface area contributed by atoms with Crippen LogP contribution in [0.15, 0.2) is 59.4 Å². The highest BCUT2D eigenvalue weighted by atomic mass is 19.4. The zero-order valence-corrected chi connectivity index (χ0v) is 22.8. The third-order valence-corrected chi connectivity index (χ3v) is 6.63. The molecule has 0 saturated carbocycles. The van der Waals surface area contributed by atoms with Gasteiger partial charge in [-0.25, -0.2) is 18.8 Å². The molecule has 16 heteroatoms. The van der Waals surface area contributed by atoms with Gasteiger partial charge in [-0.05, 0) is 42.0 Å². The summed E-state index contributed by atoms with van der Waals surface area (Å²) in [7, 11) is 2.67. The van der Waals surface area contributed by atoms with Crippen molar-refractivity contribution >= 4 is 23.5 Å². The lowest BCUT2D eigenvalue weighted by Crippen LogP contribution is -2.29. The maximum absolute atomic E-state index is 15.6. The van der Waals surface area contributed by atoms with Crippen LogP contribution in [0.3, 0.4) is 0 Å². The van der Waals surface area contributed by atoms with Gasteiger partial charge in [0.15, 0.2) is 17.3 Å². The molecule has 228 valence electrons. The summed E-state index contributed by atoms with van der Waals surface area (Å²) in [5, 5.41) is 18.2. The second-order valence-corrected chi connectivity index (χ2v) is 9.33. The van der Waals surface area contributed by atoms with E-state index in [1.807, 2.05) is 0 Å². The van der Waals surface area contributed by atoms with Gasteiger partial charge in [0.05, 0.1) is 25.5 Å². The van der Waals surface area contributed by atoms with Gasteiger partial charge in [0.2, 0.25) is 0 Å². The van der Waals surface area contributed by atoms with Crippen molar-refractivity contribution in [2.24, 2.45) is 0 Å². The summed E-state index contributed by atoms with van der Waals surface area (Å²) in [6.07, 6.45) is -5.43. The van der Waals surface area contributed by atoms with E-state index in [0.29, 0.717) is 22.5 Å². The van der Waals surface area contributed by atoms with Crippen LogP contribution in [0.2, 0.25) is 0 Å². The third-order valence-electron chi connectivity index (χ3n) is 6.63. The zero-order valence-electron chi connectivity index (χ0n) is 22.8. The third kappa shape index (κ3) is 5.68. The highest BCUT2D eigenvalue weighted by molar-refractivity contribution is 6.01. The Bertz CT molecular complexity index is 1850. The number of para-hydroxylation sites is 1. The van der Waals surface area contributed by atoms with Crippen molar-refractivity contribution in [3.05, 3.63) is 99.0 Å². The molecule has 1 atom stereocenters. The van der Waals surface area contributed by atoms with E-state index in [1.54, 1.807) is 18.2 Å². The average Bonchev–Trinajstić information content (AvgIpc) is 3.56. The monoisotopic (exact) mass is 614 g/mol. The van der Waals surface area contributed by atoms with Gasteiger partial charge in [-0.2, -0.15) is 17.9 Å². The Labute approximate surface area is 245 Å². The number of carbonyl (C=O) groups is 2. The fourth-order valence-electron chi connectivity index (χ4n) is 4.57. The van der Waals surface area contributed by atoms with Gasteiger partial charge in [0.1, 0.15) is 17.7 Å². The van der Waals surface area contributed by atoms with Gasteiger partial charge in [-0.3, -0.25) is 10.4 Å². The summed E-state index contributed by atoms with van der Waals surface area (Å²) in [6.45, 7) is 0.383. The summed E-state index contributed by atoms with van der Waals surface area (Å²) in [5.41, 5.74) is 0.0553. The Hall–Kier alpha value is -5.67. The fourth-order valence-corrected chi connectivity index (χ4v) is 4.57. The molecule has 1 aromatic heterocycles. The van der Waals surface area contributed by atoms with E-state index in [2.05, 4.69) is 25.5 Å². The van der Waals surface area contributed by atoms with Crippen molar-refractivity contribution < 1.29 is 41.4 Å². The SMILES string of the molecule is COc1cc(F)c(C(Nc2ccc3c(c2)CNC3=N)c2nn(-c3ccccc3C(=O)OC(=O)C(F)(F)F)c(=O)[nH]2)cc1OC. The number of hydrogen-bond acceptors (Lipinski definition) is 9. The van der Waals surface area contributed by atoms with E-state index in [-0.39, 0.29) is 34.4 Å². The predicted molar refractivity (Wildman–Crippen MR) is 146 cm³/mol. The summed E-state index contributed by atoms with van der Waals surface area (Å²) in [5.74, 6) is -4.85. The quantitative estimate of drug-likeness (QED) is 0.132. The minimum absolute atomic E-state index is 0.0432. The van der Waals surface area contributed by atoms with Crippen molar-refractivity contribution in [2.45, 2.75) is 18.8 Å². The van der Waals surface area contributed by atoms with Gasteiger partial charge in [-0.15, -0.1) is 5.10 Å². The minimum atomic E-state index is -5.43. The van der Waals surface area contributed by atoms with Gasteiger partial charge in [-0.1, -0.05) is 12.1 Å². The Morgan fingerprint density at radius 3 is 2.48 bits per heavy atom. The highest BCUT2D eigenvalue weighted by Gasteiger charge is 2.43. The number of halogens is 4. The number of amidine groups is 1. The summed E-state index contributed by atoms with van der Waals surface area (Å²) in [4.78, 5) is 39.4. The number of aromatic amines is 1. The van der Waals surface area contributed by atoms with Crippen LogP contribution >= 0.6 is 0 Å². The van der Waals surface area contributed by atoms with Crippen molar-refractivity contribution in [3.63, 3.8) is 0 Å². The summed E-state index contributed by atoms with van der Waals surface area (Å²) in [6, 6.07) is 11.2. The number of carbonyl (C=O) groups excluding carboxylic acids is 2. The average molecular weight is 615 g/mol. The standard InChI is InChI=1S/C28H22F4N6O6/c1-42-20-10-17(18(29)11-21(20)43-2)22(35-14-7-8-15-13(9-14)12-34-23(15)33)24-36-27(41)38(37-24)19-6-4-3-5-16(19)25(39)44-26(40)28(30,31)32/h3-11,22,35H,12H2,1-2H3,(H2,33,34)(H,36,37,41). The first kappa shape index (κ1) is 29.8. The van der Waals surface area contributed by atoms with E-state index < -0.39 is 41.2 Å². The molecule has 0 spiro atoms. The second-order valence-electron chi connectivity index (χ2n) is 9.33. The first-order valence-electron chi connectivity index (χ1n) is 12.7. The molecular formula is C28H22F4N6O6. The molecule has 1 aliphatic rings. The molecular weight excluding hydrogens is 592 g/mol. The molecule has 5 rings (SSSR count). The van der Waals surface area contributed by atoms with Crippen molar-refractivity contribution in [2.75, 3.05) is 19.5 Å². The normalized spacial score (nSPS) is 13.1. The molecule has 0 fully saturated rings. The molecule has 2 heterocycles. The van der Waals surface area contributed by atoms with Gasteiger partial charge in [0.25, 0.3) is 0 Å². The summed E-state index contributed by atoms with van der Waals surface area (Å²) >= 11 is 0. The predicted octanol–water partition coefficient (Wildman–Crippen LogP) is 3.59. The first-order chi connectivity index (χ1) is 20.9. The molecule has 0 aliphatic carbocycles. The largest absolute Gasteiger partial charge is 0.493 e. The number of methoxy groups -OCH3 is 2. The van der Waals surface area contributed by atoms with Crippen LogP contribution < -0.4 is 25.8 Å². The van der Waals surface area contributed by atoms with Crippen LogP contribution in [0.5, 0.6) is 11.5 Å². The molecule has 0 radical (unpaired) electrons. The molecule has 0 saturated heterocycles. The second kappa shape index (κ2) is 11.5. The lowest BCUT2D eigenvalue weighted by molar-refractivity contribution is -0.193. The number of hydrogen-bond donors (Lipinski definition) is 4. The maximum atomic E-state index is 15.6. The van der Waals surface area contributed by atoms with Crippen LogP contribution in [0.4, 0.5) is 23.2 Å². The maximum Gasteiger partial charge on any atom is 0.491 e. The van der Waals surface area contributed by atoms with E-state index in [9.17, 15) is 27.6 Å². The lowest BCUT2D eigenvalue weighted by Gasteiger charge is -2.21. The first-order valence-corrected chi connectivity index (χ1v) is 12.7. The Kier molecular flexibility index (Phi) is 7.82. The lowest BCUT2D eigenvalue weighted by atomic mass is 10.0. The van der Waals surface area contributed by atoms with E-state index in [1.165, 1.54) is 38.5 Å². The smallest absolute Gasteiger partial charge is 0.491 e. The molecule has 0 bridgehead atoms. The summed E-state index contributed by atoms with van der Waals surface area (Å²) < 4.78 is 68.8. The minimum Gasteiger partial charge on any atom is -0.493 e. The van der Waals surface area contributed by atoms with Crippen LogP contribution in [-0.4, -0.2) is 52.9 Å². The topological polar surface area (TPSA) is 160 Å². The van der Waals surface area contributed by atoms with Crippen LogP contribution in [0.25, 0.3) is 5.69 Å². The molecule has 1 aliphatic heterocycles. The van der Waals surface area contributed by atoms with Gasteiger partial charge >= 0.3 is 23.8 Å². The Balaban J connectivity index is 1.60. The molecule has 12 nitrogen and oxygen atoms in total. The number of esters is 2.